The fourth-order valence-electron chi connectivity index (χ4n) is 3.17. The molecule has 1 saturated carbocycles. The fraction of sp³-hybridized carbons (Fsp3) is 0.562. The van der Waals surface area contributed by atoms with Crippen molar-refractivity contribution in [1.29, 1.82) is 0 Å². The van der Waals surface area contributed by atoms with Gasteiger partial charge in [-0.25, -0.2) is 4.39 Å². The number of rotatable bonds is 6. The first-order chi connectivity index (χ1) is 9.58. The molecule has 1 aromatic rings. The molecular formula is C16H23FN2O. The maximum atomic E-state index is 14.1. The highest BCUT2D eigenvalue weighted by Gasteiger charge is 2.29. The summed E-state index contributed by atoms with van der Waals surface area (Å²) in [6, 6.07) is 6.82. The first kappa shape index (κ1) is 15.0. The normalized spacial score (nSPS) is 18.9. The molecule has 110 valence electrons. The van der Waals surface area contributed by atoms with Gasteiger partial charge in [0.25, 0.3) is 0 Å². The van der Waals surface area contributed by atoms with E-state index in [4.69, 9.17) is 5.73 Å². The molecule has 1 aliphatic carbocycles. The lowest BCUT2D eigenvalue weighted by molar-refractivity contribution is -0.118. The lowest BCUT2D eigenvalue weighted by Crippen LogP contribution is -2.37. The molecule has 0 radical (unpaired) electrons. The zero-order valence-corrected chi connectivity index (χ0v) is 11.9. The average molecular weight is 278 g/mol. The number of nitrogens with two attached hydrogens (primary N) is 1. The minimum Gasteiger partial charge on any atom is -0.370 e. The zero-order valence-electron chi connectivity index (χ0n) is 11.9. The Morgan fingerprint density at radius 1 is 1.40 bits per heavy atom. The Labute approximate surface area is 119 Å². The third-order valence-electron chi connectivity index (χ3n) is 4.08. The number of amides is 1. The van der Waals surface area contributed by atoms with Crippen LogP contribution in [0.4, 0.5) is 4.39 Å². The van der Waals surface area contributed by atoms with Crippen molar-refractivity contribution in [2.45, 2.75) is 51.1 Å². The van der Waals surface area contributed by atoms with E-state index in [-0.39, 0.29) is 30.2 Å². The number of halogens is 1. The molecule has 0 heterocycles. The van der Waals surface area contributed by atoms with E-state index in [9.17, 15) is 9.18 Å². The van der Waals surface area contributed by atoms with Gasteiger partial charge in [-0.1, -0.05) is 31.0 Å². The van der Waals surface area contributed by atoms with Crippen LogP contribution in [0.25, 0.3) is 0 Å². The van der Waals surface area contributed by atoms with Crippen LogP contribution in [0.5, 0.6) is 0 Å². The summed E-state index contributed by atoms with van der Waals surface area (Å²) in [5.41, 5.74) is 5.94. The van der Waals surface area contributed by atoms with Crippen molar-refractivity contribution >= 4 is 5.91 Å². The van der Waals surface area contributed by atoms with Crippen LogP contribution in [0.15, 0.2) is 24.3 Å². The second-order valence-electron chi connectivity index (χ2n) is 5.78. The van der Waals surface area contributed by atoms with Crippen LogP contribution in [0, 0.1) is 11.7 Å². The van der Waals surface area contributed by atoms with Crippen molar-refractivity contribution < 1.29 is 9.18 Å². The number of hydrogen-bond donors (Lipinski definition) is 2. The molecule has 1 aliphatic rings. The van der Waals surface area contributed by atoms with Gasteiger partial charge in [-0.3, -0.25) is 4.79 Å². The van der Waals surface area contributed by atoms with E-state index in [1.807, 2.05) is 19.1 Å². The van der Waals surface area contributed by atoms with Crippen molar-refractivity contribution in [3.8, 4) is 0 Å². The van der Waals surface area contributed by atoms with Gasteiger partial charge in [0, 0.05) is 24.1 Å². The minimum atomic E-state index is -0.330. The summed E-state index contributed by atoms with van der Waals surface area (Å²) in [5, 5.41) is 3.41. The highest BCUT2D eigenvalue weighted by Crippen LogP contribution is 2.36. The van der Waals surface area contributed by atoms with Gasteiger partial charge in [-0.15, -0.1) is 0 Å². The van der Waals surface area contributed by atoms with Gasteiger partial charge >= 0.3 is 0 Å². The highest BCUT2D eigenvalue weighted by molar-refractivity contribution is 5.74. The van der Waals surface area contributed by atoms with Crippen LogP contribution in [-0.4, -0.2) is 11.9 Å². The number of carbonyl (C=O) groups excluding carboxylic acids is 1. The van der Waals surface area contributed by atoms with Gasteiger partial charge in [-0.2, -0.15) is 0 Å². The molecule has 1 amide bonds. The Balaban J connectivity index is 2.16. The largest absolute Gasteiger partial charge is 0.370 e. The third-order valence-corrected chi connectivity index (χ3v) is 4.08. The Hall–Kier alpha value is -1.42. The van der Waals surface area contributed by atoms with Gasteiger partial charge in [0.2, 0.25) is 5.91 Å². The van der Waals surface area contributed by atoms with Gasteiger partial charge in [0.05, 0.1) is 0 Å². The van der Waals surface area contributed by atoms with Gasteiger partial charge in [-0.05, 0) is 31.7 Å². The number of carbonyl (C=O) groups is 1. The summed E-state index contributed by atoms with van der Waals surface area (Å²) < 4.78 is 14.1. The number of primary amides is 1. The molecule has 2 rings (SSSR count). The smallest absolute Gasteiger partial charge is 0.218 e. The monoisotopic (exact) mass is 278 g/mol. The summed E-state index contributed by atoms with van der Waals surface area (Å²) >= 11 is 0. The Morgan fingerprint density at radius 2 is 2.05 bits per heavy atom. The van der Waals surface area contributed by atoms with Crippen molar-refractivity contribution in [1.82, 2.24) is 5.32 Å². The van der Waals surface area contributed by atoms with E-state index in [0.29, 0.717) is 11.5 Å². The molecule has 0 bridgehead atoms. The van der Waals surface area contributed by atoms with Crippen molar-refractivity contribution in [3.63, 3.8) is 0 Å². The first-order valence-electron chi connectivity index (χ1n) is 7.36. The Bertz CT molecular complexity index is 458. The molecule has 3 nitrogen and oxygen atoms in total. The molecular weight excluding hydrogens is 255 g/mol. The molecule has 1 fully saturated rings. The molecule has 0 spiro atoms. The SMILES string of the molecule is C[C@H](CC(N)=O)N[C@H](c1ccccc1F)C1CCCC1. The summed E-state index contributed by atoms with van der Waals surface area (Å²) in [7, 11) is 0. The number of benzene rings is 1. The van der Waals surface area contributed by atoms with Crippen molar-refractivity contribution in [2.75, 3.05) is 0 Å². The van der Waals surface area contributed by atoms with Crippen LogP contribution in [0.3, 0.4) is 0 Å². The summed E-state index contributed by atoms with van der Waals surface area (Å²) in [6.07, 6.45) is 4.88. The van der Waals surface area contributed by atoms with Crippen LogP contribution >= 0.6 is 0 Å². The lowest BCUT2D eigenvalue weighted by atomic mass is 9.90. The number of hydrogen-bond acceptors (Lipinski definition) is 2. The fourth-order valence-corrected chi connectivity index (χ4v) is 3.17. The van der Waals surface area contributed by atoms with Gasteiger partial charge in [0.1, 0.15) is 5.82 Å². The van der Waals surface area contributed by atoms with Gasteiger partial charge < -0.3 is 11.1 Å². The maximum Gasteiger partial charge on any atom is 0.218 e. The van der Waals surface area contributed by atoms with Crippen molar-refractivity contribution in [3.05, 3.63) is 35.6 Å². The van der Waals surface area contributed by atoms with E-state index in [2.05, 4.69) is 5.32 Å². The first-order valence-corrected chi connectivity index (χ1v) is 7.36. The maximum absolute atomic E-state index is 14.1. The van der Waals surface area contributed by atoms with Crippen LogP contribution in [0.1, 0.15) is 50.6 Å². The third kappa shape index (κ3) is 3.79. The summed E-state index contributed by atoms with van der Waals surface area (Å²) in [6.45, 7) is 1.92. The lowest BCUT2D eigenvalue weighted by Gasteiger charge is -2.28. The molecule has 4 heteroatoms. The topological polar surface area (TPSA) is 55.1 Å². The van der Waals surface area contributed by atoms with E-state index < -0.39 is 0 Å². The van der Waals surface area contributed by atoms with E-state index in [1.165, 1.54) is 18.9 Å². The second-order valence-corrected chi connectivity index (χ2v) is 5.78. The van der Waals surface area contributed by atoms with Crippen LogP contribution < -0.4 is 11.1 Å². The quantitative estimate of drug-likeness (QED) is 0.840. The molecule has 0 unspecified atom stereocenters. The summed E-state index contributed by atoms with van der Waals surface area (Å²) in [4.78, 5) is 11.0. The Kier molecular flexibility index (Phi) is 5.12. The van der Waals surface area contributed by atoms with E-state index >= 15 is 0 Å². The highest BCUT2D eigenvalue weighted by atomic mass is 19.1. The standard InChI is InChI=1S/C16H23FN2O/c1-11(10-15(18)20)19-16(12-6-2-3-7-12)13-8-4-5-9-14(13)17/h4-5,8-9,11-12,16,19H,2-3,6-7,10H2,1H3,(H2,18,20)/t11-,16+/m1/s1. The average Bonchev–Trinajstić information content (AvgIpc) is 2.89. The van der Waals surface area contributed by atoms with E-state index in [1.54, 1.807) is 6.07 Å². The molecule has 0 saturated heterocycles. The predicted octanol–water partition coefficient (Wildman–Crippen LogP) is 2.91. The molecule has 2 atom stereocenters. The summed E-state index contributed by atoms with van der Waals surface area (Å²) in [5.74, 6) is -0.0749. The van der Waals surface area contributed by atoms with Crippen LogP contribution in [0.2, 0.25) is 0 Å². The zero-order chi connectivity index (χ0) is 14.5. The predicted molar refractivity (Wildman–Crippen MR) is 77.5 cm³/mol. The molecule has 20 heavy (non-hydrogen) atoms. The molecule has 1 aromatic carbocycles. The number of nitrogens with one attached hydrogen (secondary N) is 1. The van der Waals surface area contributed by atoms with E-state index in [0.717, 1.165) is 12.8 Å². The minimum absolute atomic E-state index is 0.0342. The Morgan fingerprint density at radius 3 is 2.65 bits per heavy atom. The van der Waals surface area contributed by atoms with Crippen molar-refractivity contribution in [2.24, 2.45) is 11.7 Å². The molecule has 0 aliphatic heterocycles. The van der Waals surface area contributed by atoms with Gasteiger partial charge in [0.15, 0.2) is 0 Å². The van der Waals surface area contributed by atoms with Crippen LogP contribution in [-0.2, 0) is 4.79 Å². The molecule has 3 N–H and O–H groups in total. The molecule has 0 aromatic heterocycles. The second kappa shape index (κ2) is 6.84.